The summed E-state index contributed by atoms with van der Waals surface area (Å²) in [5.74, 6) is -0.232. The first-order chi connectivity index (χ1) is 12.0. The number of hydrogen-bond acceptors (Lipinski definition) is 2. The largest absolute Gasteiger partial charge is 0.355 e. The maximum atomic E-state index is 13.2. The van der Waals surface area contributed by atoms with Gasteiger partial charge >= 0.3 is 0 Å². The van der Waals surface area contributed by atoms with Gasteiger partial charge in [0.2, 0.25) is 5.91 Å². The first-order valence-corrected chi connectivity index (χ1v) is 8.81. The molecule has 0 radical (unpaired) electrons. The smallest absolute Gasteiger partial charge is 0.220 e. The van der Waals surface area contributed by atoms with E-state index in [0.717, 1.165) is 18.5 Å². The van der Waals surface area contributed by atoms with Gasteiger partial charge in [-0.05, 0) is 61.2 Å². The van der Waals surface area contributed by atoms with Gasteiger partial charge in [-0.15, -0.1) is 0 Å². The molecule has 1 heterocycles. The SMILES string of the molecule is Cc1cccc2c1C[C@@H](CNC(=O)CCc1cccc(F)c1)N(C)C2. The number of fused-ring (bicyclic) bond motifs is 1. The third kappa shape index (κ3) is 4.45. The van der Waals surface area contributed by atoms with Gasteiger partial charge in [0.05, 0.1) is 0 Å². The molecule has 1 amide bonds. The monoisotopic (exact) mass is 340 g/mol. The Bertz CT molecular complexity index is 759. The van der Waals surface area contributed by atoms with Crippen molar-refractivity contribution in [2.24, 2.45) is 0 Å². The summed E-state index contributed by atoms with van der Waals surface area (Å²) < 4.78 is 13.2. The normalized spacial score (nSPS) is 17.2. The van der Waals surface area contributed by atoms with Crippen molar-refractivity contribution in [1.82, 2.24) is 10.2 Å². The third-order valence-electron chi connectivity index (χ3n) is 5.05. The summed E-state index contributed by atoms with van der Waals surface area (Å²) in [7, 11) is 2.11. The fourth-order valence-electron chi connectivity index (χ4n) is 3.49. The van der Waals surface area contributed by atoms with Gasteiger partial charge in [0.15, 0.2) is 0 Å². The first kappa shape index (κ1) is 17.6. The fourth-order valence-corrected chi connectivity index (χ4v) is 3.49. The molecule has 1 aliphatic rings. The van der Waals surface area contributed by atoms with E-state index in [9.17, 15) is 9.18 Å². The van der Waals surface area contributed by atoms with Crippen LogP contribution in [0.3, 0.4) is 0 Å². The van der Waals surface area contributed by atoms with Gasteiger partial charge in [0, 0.05) is 25.6 Å². The Kier molecular flexibility index (Phi) is 5.49. The zero-order chi connectivity index (χ0) is 17.8. The minimum atomic E-state index is -0.254. The number of carbonyl (C=O) groups is 1. The lowest BCUT2D eigenvalue weighted by Crippen LogP contribution is -2.45. The Morgan fingerprint density at radius 1 is 1.28 bits per heavy atom. The van der Waals surface area contributed by atoms with E-state index in [1.807, 2.05) is 6.07 Å². The Morgan fingerprint density at radius 3 is 2.88 bits per heavy atom. The van der Waals surface area contributed by atoms with Gasteiger partial charge < -0.3 is 5.32 Å². The predicted octanol–water partition coefficient (Wildman–Crippen LogP) is 3.24. The molecule has 3 rings (SSSR count). The van der Waals surface area contributed by atoms with Gasteiger partial charge in [-0.2, -0.15) is 0 Å². The molecular formula is C21H25FN2O. The average Bonchev–Trinajstić information content (AvgIpc) is 2.59. The van der Waals surface area contributed by atoms with E-state index in [4.69, 9.17) is 0 Å². The summed E-state index contributed by atoms with van der Waals surface area (Å²) >= 11 is 0. The number of hydrogen-bond donors (Lipinski definition) is 1. The van der Waals surface area contributed by atoms with Crippen LogP contribution in [0.25, 0.3) is 0 Å². The molecule has 0 saturated heterocycles. The van der Waals surface area contributed by atoms with Crippen LogP contribution in [-0.4, -0.2) is 30.4 Å². The summed E-state index contributed by atoms with van der Waals surface area (Å²) in [5.41, 5.74) is 4.98. The summed E-state index contributed by atoms with van der Waals surface area (Å²) in [5, 5.41) is 3.04. The lowest BCUT2D eigenvalue weighted by molar-refractivity contribution is -0.121. The van der Waals surface area contributed by atoms with Gasteiger partial charge in [-0.3, -0.25) is 9.69 Å². The van der Waals surface area contributed by atoms with Crippen molar-refractivity contribution in [2.75, 3.05) is 13.6 Å². The number of rotatable bonds is 5. The fraction of sp³-hybridized carbons (Fsp3) is 0.381. The lowest BCUT2D eigenvalue weighted by atomic mass is 9.91. The second-order valence-corrected chi connectivity index (χ2v) is 6.92. The summed E-state index contributed by atoms with van der Waals surface area (Å²) in [6.45, 7) is 3.71. The number of benzene rings is 2. The van der Waals surface area contributed by atoms with E-state index in [-0.39, 0.29) is 11.7 Å². The molecule has 0 spiro atoms. The van der Waals surface area contributed by atoms with Gasteiger partial charge in [0.25, 0.3) is 0 Å². The van der Waals surface area contributed by atoms with E-state index in [1.54, 1.807) is 6.07 Å². The maximum Gasteiger partial charge on any atom is 0.220 e. The molecule has 0 fully saturated rings. The van der Waals surface area contributed by atoms with Gasteiger partial charge in [0.1, 0.15) is 5.82 Å². The molecule has 0 unspecified atom stereocenters. The highest BCUT2D eigenvalue weighted by molar-refractivity contribution is 5.76. The standard InChI is InChI=1S/C21H25FN2O/c1-15-5-3-7-17-14-24(2)19(12-20(15)17)13-23-21(25)10-9-16-6-4-8-18(22)11-16/h3-8,11,19H,9-10,12-14H2,1-2H3,(H,23,25)/t19-/m0/s1. The number of nitrogens with one attached hydrogen (secondary N) is 1. The minimum Gasteiger partial charge on any atom is -0.355 e. The highest BCUT2D eigenvalue weighted by Crippen LogP contribution is 2.24. The van der Waals surface area contributed by atoms with Crippen LogP contribution >= 0.6 is 0 Å². The third-order valence-corrected chi connectivity index (χ3v) is 5.05. The molecule has 1 atom stereocenters. The first-order valence-electron chi connectivity index (χ1n) is 8.81. The van der Waals surface area contributed by atoms with Crippen molar-refractivity contribution in [2.45, 2.75) is 38.8 Å². The van der Waals surface area contributed by atoms with Crippen molar-refractivity contribution in [3.8, 4) is 0 Å². The van der Waals surface area contributed by atoms with Crippen LogP contribution < -0.4 is 5.32 Å². The van der Waals surface area contributed by atoms with Gasteiger partial charge in [-0.25, -0.2) is 4.39 Å². The molecule has 0 aromatic heterocycles. The minimum absolute atomic E-state index is 0.0215. The summed E-state index contributed by atoms with van der Waals surface area (Å²) in [6, 6.07) is 13.2. The number of nitrogens with zero attached hydrogens (tertiary/aromatic N) is 1. The summed E-state index contributed by atoms with van der Waals surface area (Å²) in [6.07, 6.45) is 1.91. The van der Waals surface area contributed by atoms with E-state index in [0.29, 0.717) is 25.4 Å². The topological polar surface area (TPSA) is 32.3 Å². The van der Waals surface area contributed by atoms with Crippen molar-refractivity contribution < 1.29 is 9.18 Å². The maximum absolute atomic E-state index is 13.2. The van der Waals surface area contributed by atoms with Crippen LogP contribution in [0.2, 0.25) is 0 Å². The molecule has 0 bridgehead atoms. The van der Waals surface area contributed by atoms with Crippen LogP contribution in [0, 0.1) is 12.7 Å². The number of amides is 1. The van der Waals surface area contributed by atoms with Crippen molar-refractivity contribution >= 4 is 5.91 Å². The second kappa shape index (κ2) is 7.79. The molecule has 2 aromatic rings. The molecular weight excluding hydrogens is 315 g/mol. The number of carbonyl (C=O) groups excluding carboxylic acids is 1. The zero-order valence-electron chi connectivity index (χ0n) is 14.9. The molecule has 132 valence electrons. The quantitative estimate of drug-likeness (QED) is 0.906. The van der Waals surface area contributed by atoms with Crippen LogP contribution in [0.15, 0.2) is 42.5 Å². The molecule has 1 aliphatic heterocycles. The Labute approximate surface area is 148 Å². The highest BCUT2D eigenvalue weighted by Gasteiger charge is 2.24. The highest BCUT2D eigenvalue weighted by atomic mass is 19.1. The van der Waals surface area contributed by atoms with E-state index in [2.05, 4.69) is 42.4 Å². The Hall–Kier alpha value is -2.20. The van der Waals surface area contributed by atoms with Crippen molar-refractivity contribution in [1.29, 1.82) is 0 Å². The van der Waals surface area contributed by atoms with Gasteiger partial charge in [-0.1, -0.05) is 30.3 Å². The summed E-state index contributed by atoms with van der Waals surface area (Å²) in [4.78, 5) is 14.4. The van der Waals surface area contributed by atoms with Crippen LogP contribution in [0.1, 0.15) is 28.7 Å². The molecule has 2 aromatic carbocycles. The Balaban J connectivity index is 1.51. The molecule has 0 aliphatic carbocycles. The molecule has 25 heavy (non-hydrogen) atoms. The number of likely N-dealkylation sites (N-methyl/N-ethyl adjacent to an activating group) is 1. The molecule has 0 saturated carbocycles. The average molecular weight is 340 g/mol. The van der Waals surface area contributed by atoms with Crippen molar-refractivity contribution in [3.05, 3.63) is 70.5 Å². The van der Waals surface area contributed by atoms with Crippen LogP contribution in [-0.2, 0) is 24.2 Å². The van der Waals surface area contributed by atoms with E-state index in [1.165, 1.54) is 28.8 Å². The number of aryl methyl sites for hydroxylation is 2. The molecule has 3 nitrogen and oxygen atoms in total. The van der Waals surface area contributed by atoms with E-state index < -0.39 is 0 Å². The Morgan fingerprint density at radius 2 is 2.08 bits per heavy atom. The number of halogens is 1. The van der Waals surface area contributed by atoms with Crippen LogP contribution in [0.4, 0.5) is 4.39 Å². The molecule has 4 heteroatoms. The zero-order valence-corrected chi connectivity index (χ0v) is 14.9. The van der Waals surface area contributed by atoms with E-state index >= 15 is 0 Å². The predicted molar refractivity (Wildman–Crippen MR) is 97.9 cm³/mol. The van der Waals surface area contributed by atoms with Crippen LogP contribution in [0.5, 0.6) is 0 Å². The van der Waals surface area contributed by atoms with Crippen molar-refractivity contribution in [3.63, 3.8) is 0 Å². The second-order valence-electron chi connectivity index (χ2n) is 6.92. The lowest BCUT2D eigenvalue weighted by Gasteiger charge is -2.35. The molecule has 1 N–H and O–H groups in total.